The van der Waals surface area contributed by atoms with Gasteiger partial charge in [0.25, 0.3) is 0 Å². The molecule has 1 amide bonds. The first-order chi connectivity index (χ1) is 10.0. The lowest BCUT2D eigenvalue weighted by Gasteiger charge is -2.16. The summed E-state index contributed by atoms with van der Waals surface area (Å²) in [6, 6.07) is 11.4. The highest BCUT2D eigenvalue weighted by atomic mass is 35.5. The molecule has 2 aromatic rings. The highest BCUT2D eigenvalue weighted by Crippen LogP contribution is 2.49. The van der Waals surface area contributed by atoms with Gasteiger partial charge in [-0.1, -0.05) is 23.7 Å². The van der Waals surface area contributed by atoms with Crippen molar-refractivity contribution in [2.45, 2.75) is 18.3 Å². The number of nitrogens with one attached hydrogen (secondary N) is 1. The molecule has 1 fully saturated rings. The van der Waals surface area contributed by atoms with Gasteiger partial charge in [-0.15, -0.1) is 0 Å². The number of amides is 1. The van der Waals surface area contributed by atoms with Crippen LogP contribution in [0.3, 0.4) is 0 Å². The number of anilines is 2. The molecule has 1 aliphatic rings. The van der Waals surface area contributed by atoms with Crippen molar-refractivity contribution in [3.05, 3.63) is 58.9 Å². The molecule has 0 aromatic heterocycles. The third-order valence-corrected chi connectivity index (χ3v) is 4.06. The fourth-order valence-electron chi connectivity index (χ4n) is 2.41. The molecule has 0 unspecified atom stereocenters. The van der Waals surface area contributed by atoms with Gasteiger partial charge in [-0.3, -0.25) is 4.79 Å². The number of halogens is 2. The zero-order valence-electron chi connectivity index (χ0n) is 11.2. The molecule has 21 heavy (non-hydrogen) atoms. The van der Waals surface area contributed by atoms with Crippen molar-refractivity contribution in [3.63, 3.8) is 0 Å². The number of nitrogen functional groups attached to an aromatic ring is 1. The second-order valence-electron chi connectivity index (χ2n) is 5.28. The zero-order chi connectivity index (χ0) is 15.0. The van der Waals surface area contributed by atoms with Crippen molar-refractivity contribution in [3.8, 4) is 0 Å². The van der Waals surface area contributed by atoms with Gasteiger partial charge in [0.15, 0.2) is 0 Å². The third kappa shape index (κ3) is 2.59. The lowest BCUT2D eigenvalue weighted by molar-refractivity contribution is -0.118. The average molecular weight is 305 g/mol. The minimum Gasteiger partial charge on any atom is -0.399 e. The summed E-state index contributed by atoms with van der Waals surface area (Å²) in [5.41, 5.74) is 6.79. The van der Waals surface area contributed by atoms with Crippen LogP contribution in [0.5, 0.6) is 0 Å². The number of carbonyl (C=O) groups excluding carboxylic acids is 1. The molecule has 108 valence electrons. The van der Waals surface area contributed by atoms with Crippen LogP contribution in [0, 0.1) is 5.82 Å². The standard InChI is InChI=1S/C16H14ClFN2O/c17-11-3-6-14(13(18)9-11)20-15(21)16(7-8-16)10-1-4-12(19)5-2-10/h1-6,9H,7-8,19H2,(H,20,21). The maximum atomic E-state index is 13.8. The van der Waals surface area contributed by atoms with E-state index in [0.29, 0.717) is 10.7 Å². The van der Waals surface area contributed by atoms with E-state index in [1.165, 1.54) is 12.1 Å². The van der Waals surface area contributed by atoms with Crippen LogP contribution < -0.4 is 11.1 Å². The number of benzene rings is 2. The van der Waals surface area contributed by atoms with Crippen molar-refractivity contribution in [2.24, 2.45) is 0 Å². The van der Waals surface area contributed by atoms with Crippen LogP contribution in [-0.4, -0.2) is 5.91 Å². The Morgan fingerprint density at radius 3 is 2.43 bits per heavy atom. The summed E-state index contributed by atoms with van der Waals surface area (Å²) in [5, 5.41) is 2.95. The summed E-state index contributed by atoms with van der Waals surface area (Å²) >= 11 is 5.70. The predicted molar refractivity (Wildman–Crippen MR) is 81.8 cm³/mol. The molecule has 0 heterocycles. The molecule has 0 saturated heterocycles. The Hall–Kier alpha value is -2.07. The van der Waals surface area contributed by atoms with Crippen LogP contribution in [0.1, 0.15) is 18.4 Å². The van der Waals surface area contributed by atoms with Gasteiger partial charge in [-0.25, -0.2) is 4.39 Å². The highest BCUT2D eigenvalue weighted by molar-refractivity contribution is 6.30. The van der Waals surface area contributed by atoms with E-state index in [4.69, 9.17) is 17.3 Å². The van der Waals surface area contributed by atoms with Gasteiger partial charge in [0, 0.05) is 10.7 Å². The minimum absolute atomic E-state index is 0.145. The topological polar surface area (TPSA) is 55.1 Å². The summed E-state index contributed by atoms with van der Waals surface area (Å²) in [5.74, 6) is -0.738. The molecule has 3 N–H and O–H groups in total. The fourth-order valence-corrected chi connectivity index (χ4v) is 2.57. The summed E-state index contributed by atoms with van der Waals surface area (Å²) in [6.45, 7) is 0. The minimum atomic E-state index is -0.570. The van der Waals surface area contributed by atoms with E-state index >= 15 is 0 Å². The molecular weight excluding hydrogens is 291 g/mol. The van der Waals surface area contributed by atoms with E-state index in [2.05, 4.69) is 5.32 Å². The Morgan fingerprint density at radius 2 is 1.86 bits per heavy atom. The molecule has 0 bridgehead atoms. The first kappa shape index (κ1) is 13.9. The Labute approximate surface area is 126 Å². The quantitative estimate of drug-likeness (QED) is 0.849. The van der Waals surface area contributed by atoms with E-state index in [9.17, 15) is 9.18 Å². The van der Waals surface area contributed by atoms with Crippen molar-refractivity contribution in [2.75, 3.05) is 11.1 Å². The highest BCUT2D eigenvalue weighted by Gasteiger charge is 2.51. The Bertz CT molecular complexity index is 696. The number of hydrogen-bond donors (Lipinski definition) is 2. The van der Waals surface area contributed by atoms with E-state index in [0.717, 1.165) is 18.4 Å². The zero-order valence-corrected chi connectivity index (χ0v) is 12.0. The predicted octanol–water partition coefficient (Wildman–Crippen LogP) is 3.73. The van der Waals surface area contributed by atoms with Gasteiger partial charge in [-0.2, -0.15) is 0 Å². The third-order valence-electron chi connectivity index (χ3n) is 3.83. The molecule has 0 spiro atoms. The van der Waals surface area contributed by atoms with Gasteiger partial charge >= 0.3 is 0 Å². The molecular formula is C16H14ClFN2O. The first-order valence-corrected chi connectivity index (χ1v) is 7.02. The smallest absolute Gasteiger partial charge is 0.235 e. The monoisotopic (exact) mass is 304 g/mol. The average Bonchev–Trinajstić information content (AvgIpc) is 3.24. The first-order valence-electron chi connectivity index (χ1n) is 6.64. The molecule has 0 atom stereocenters. The lowest BCUT2D eigenvalue weighted by atomic mass is 9.94. The van der Waals surface area contributed by atoms with Gasteiger partial charge < -0.3 is 11.1 Å². The Balaban J connectivity index is 1.83. The van der Waals surface area contributed by atoms with Crippen molar-refractivity contribution in [1.82, 2.24) is 0 Å². The second-order valence-corrected chi connectivity index (χ2v) is 5.72. The van der Waals surface area contributed by atoms with E-state index in [-0.39, 0.29) is 11.6 Å². The second kappa shape index (κ2) is 5.04. The largest absolute Gasteiger partial charge is 0.399 e. The molecule has 3 nitrogen and oxygen atoms in total. The van der Waals surface area contributed by atoms with E-state index in [1.807, 2.05) is 12.1 Å². The SMILES string of the molecule is Nc1ccc(C2(C(=O)Nc3ccc(Cl)cc3F)CC2)cc1. The van der Waals surface area contributed by atoms with E-state index in [1.54, 1.807) is 18.2 Å². The summed E-state index contributed by atoms with van der Waals surface area (Å²) in [6.07, 6.45) is 1.50. The summed E-state index contributed by atoms with van der Waals surface area (Å²) in [4.78, 5) is 12.5. The van der Waals surface area contributed by atoms with Gasteiger partial charge in [0.05, 0.1) is 11.1 Å². The molecule has 0 aliphatic heterocycles. The Morgan fingerprint density at radius 1 is 1.19 bits per heavy atom. The van der Waals surface area contributed by atoms with Crippen LogP contribution in [-0.2, 0) is 10.2 Å². The normalized spacial score (nSPS) is 15.5. The van der Waals surface area contributed by atoms with Crippen LogP contribution in [0.25, 0.3) is 0 Å². The summed E-state index contributed by atoms with van der Waals surface area (Å²) in [7, 11) is 0. The van der Waals surface area contributed by atoms with Crippen molar-refractivity contribution in [1.29, 1.82) is 0 Å². The fraction of sp³-hybridized carbons (Fsp3) is 0.188. The van der Waals surface area contributed by atoms with Crippen LogP contribution in [0.4, 0.5) is 15.8 Å². The maximum Gasteiger partial charge on any atom is 0.235 e. The number of nitrogens with two attached hydrogens (primary N) is 1. The van der Waals surface area contributed by atoms with Gasteiger partial charge in [-0.05, 0) is 48.7 Å². The molecule has 2 aromatic carbocycles. The summed E-state index contributed by atoms with van der Waals surface area (Å²) < 4.78 is 13.8. The number of hydrogen-bond acceptors (Lipinski definition) is 2. The van der Waals surface area contributed by atoms with Gasteiger partial charge in [0.2, 0.25) is 5.91 Å². The molecule has 5 heteroatoms. The molecule has 3 rings (SSSR count). The lowest BCUT2D eigenvalue weighted by Crippen LogP contribution is -2.28. The molecule has 0 radical (unpaired) electrons. The number of rotatable bonds is 3. The molecule has 1 saturated carbocycles. The maximum absolute atomic E-state index is 13.8. The Kier molecular flexibility index (Phi) is 3.33. The molecule has 1 aliphatic carbocycles. The van der Waals surface area contributed by atoms with Crippen LogP contribution >= 0.6 is 11.6 Å². The van der Waals surface area contributed by atoms with Gasteiger partial charge in [0.1, 0.15) is 5.82 Å². The van der Waals surface area contributed by atoms with Crippen molar-refractivity contribution < 1.29 is 9.18 Å². The van der Waals surface area contributed by atoms with Crippen LogP contribution in [0.15, 0.2) is 42.5 Å². The van der Waals surface area contributed by atoms with Crippen LogP contribution in [0.2, 0.25) is 5.02 Å². The van der Waals surface area contributed by atoms with E-state index < -0.39 is 11.2 Å². The number of carbonyl (C=O) groups is 1. The van der Waals surface area contributed by atoms with Crippen molar-refractivity contribution >= 4 is 28.9 Å².